The Kier molecular flexibility index (Phi) is 6.00. The van der Waals surface area contributed by atoms with E-state index in [0.29, 0.717) is 11.5 Å². The van der Waals surface area contributed by atoms with E-state index in [4.69, 9.17) is 4.74 Å². The Hall–Kier alpha value is -1.36. The predicted octanol–water partition coefficient (Wildman–Crippen LogP) is 2.83. The fourth-order valence-electron chi connectivity index (χ4n) is 2.88. The Labute approximate surface area is 133 Å². The lowest BCUT2D eigenvalue weighted by molar-refractivity contribution is 0.00121. The first-order chi connectivity index (χ1) is 10.5. The van der Waals surface area contributed by atoms with Crippen molar-refractivity contribution in [1.82, 2.24) is 15.1 Å². The topological polar surface area (TPSA) is 56.1 Å². The summed E-state index contributed by atoms with van der Waals surface area (Å²) in [6, 6.07) is 0.119. The lowest BCUT2D eigenvalue weighted by Gasteiger charge is -2.32. The maximum atomic E-state index is 12.5. The zero-order valence-electron chi connectivity index (χ0n) is 14.3. The minimum absolute atomic E-state index is 0.0324. The number of nitrogens with zero attached hydrogens (tertiary/aromatic N) is 2. The molecule has 1 saturated carbocycles. The zero-order valence-corrected chi connectivity index (χ0v) is 14.3. The van der Waals surface area contributed by atoms with Crippen LogP contribution in [0.15, 0.2) is 6.20 Å². The number of aromatic nitrogens is 2. The second kappa shape index (κ2) is 7.77. The van der Waals surface area contributed by atoms with Gasteiger partial charge in [-0.05, 0) is 32.1 Å². The minimum atomic E-state index is -0.0324. The molecule has 1 aromatic rings. The highest BCUT2D eigenvalue weighted by Crippen LogP contribution is 2.22. The highest BCUT2D eigenvalue weighted by Gasteiger charge is 2.28. The molecule has 1 N–H and O–H groups in total. The Balaban J connectivity index is 1.93. The number of aryl methyl sites for hydroxylation is 1. The summed E-state index contributed by atoms with van der Waals surface area (Å²) in [5.74, 6) is 0.615. The number of carbonyl (C=O) groups excluding carboxylic acids is 1. The van der Waals surface area contributed by atoms with Crippen LogP contribution >= 0.6 is 0 Å². The normalized spacial score (nSPS) is 22.0. The lowest BCUT2D eigenvalue weighted by Crippen LogP contribution is -2.46. The maximum Gasteiger partial charge on any atom is 0.255 e. The van der Waals surface area contributed by atoms with E-state index in [2.05, 4.69) is 24.3 Å². The van der Waals surface area contributed by atoms with Gasteiger partial charge in [-0.25, -0.2) is 0 Å². The van der Waals surface area contributed by atoms with Crippen molar-refractivity contribution >= 4 is 5.91 Å². The first-order valence-electron chi connectivity index (χ1n) is 8.40. The van der Waals surface area contributed by atoms with Crippen LogP contribution in [-0.2, 0) is 11.8 Å². The Morgan fingerprint density at radius 3 is 2.82 bits per heavy atom. The van der Waals surface area contributed by atoms with Gasteiger partial charge in [-0.2, -0.15) is 5.10 Å². The van der Waals surface area contributed by atoms with E-state index in [9.17, 15) is 4.79 Å². The number of nitrogens with one attached hydrogen (secondary N) is 1. The Morgan fingerprint density at radius 1 is 1.45 bits per heavy atom. The van der Waals surface area contributed by atoms with Crippen LogP contribution in [0.4, 0.5) is 0 Å². The van der Waals surface area contributed by atoms with Gasteiger partial charge in [0.1, 0.15) is 0 Å². The van der Waals surface area contributed by atoms with E-state index < -0.39 is 0 Å². The van der Waals surface area contributed by atoms with Gasteiger partial charge >= 0.3 is 0 Å². The van der Waals surface area contributed by atoms with Crippen molar-refractivity contribution in [1.29, 1.82) is 0 Å². The number of hydrogen-bond acceptors (Lipinski definition) is 3. The molecule has 0 bridgehead atoms. The third kappa shape index (κ3) is 4.32. The number of hydrogen-bond donors (Lipinski definition) is 1. The molecule has 5 nitrogen and oxygen atoms in total. The molecule has 124 valence electrons. The predicted molar refractivity (Wildman–Crippen MR) is 86.9 cm³/mol. The smallest absolute Gasteiger partial charge is 0.255 e. The van der Waals surface area contributed by atoms with Crippen LogP contribution in [0.3, 0.4) is 0 Å². The van der Waals surface area contributed by atoms with E-state index in [1.807, 2.05) is 14.0 Å². The quantitative estimate of drug-likeness (QED) is 0.879. The second-order valence-electron chi connectivity index (χ2n) is 6.72. The molecular formula is C17H29N3O2. The van der Waals surface area contributed by atoms with E-state index in [1.165, 1.54) is 6.42 Å². The maximum absolute atomic E-state index is 12.5. The molecule has 0 saturated heterocycles. The summed E-state index contributed by atoms with van der Waals surface area (Å²) in [4.78, 5) is 12.5. The first-order valence-corrected chi connectivity index (χ1v) is 8.40. The van der Waals surface area contributed by atoms with Crippen LogP contribution in [0.5, 0.6) is 0 Å². The number of rotatable bonds is 6. The molecular weight excluding hydrogens is 278 g/mol. The molecule has 2 unspecified atom stereocenters. The van der Waals surface area contributed by atoms with Gasteiger partial charge in [0.2, 0.25) is 0 Å². The molecule has 1 aliphatic carbocycles. The fourth-order valence-corrected chi connectivity index (χ4v) is 2.88. The molecule has 1 heterocycles. The van der Waals surface area contributed by atoms with Crippen molar-refractivity contribution in [3.8, 4) is 0 Å². The van der Waals surface area contributed by atoms with Gasteiger partial charge in [0, 0.05) is 19.3 Å². The van der Waals surface area contributed by atoms with Gasteiger partial charge in [-0.3, -0.25) is 9.48 Å². The summed E-state index contributed by atoms with van der Waals surface area (Å²) >= 11 is 0. The van der Waals surface area contributed by atoms with Crippen LogP contribution in [0.2, 0.25) is 0 Å². The molecule has 0 spiro atoms. The highest BCUT2D eigenvalue weighted by atomic mass is 16.5. The largest absolute Gasteiger partial charge is 0.376 e. The number of carbonyl (C=O) groups is 1. The summed E-state index contributed by atoms with van der Waals surface area (Å²) in [5, 5.41) is 7.30. The van der Waals surface area contributed by atoms with Crippen molar-refractivity contribution in [2.75, 3.05) is 6.61 Å². The standard InChI is InChI=1S/C17H29N3O2/c1-12(2)9-10-22-16-8-6-5-7-15(16)19-17(21)14-11-18-20(4)13(14)3/h11-12,15-16H,5-10H2,1-4H3,(H,19,21). The van der Waals surface area contributed by atoms with Crippen LogP contribution in [-0.4, -0.2) is 34.4 Å². The third-order valence-corrected chi connectivity index (χ3v) is 4.53. The lowest BCUT2D eigenvalue weighted by atomic mass is 9.92. The van der Waals surface area contributed by atoms with Crippen molar-refractivity contribution in [3.63, 3.8) is 0 Å². The van der Waals surface area contributed by atoms with Gasteiger partial charge in [0.15, 0.2) is 0 Å². The van der Waals surface area contributed by atoms with Crippen molar-refractivity contribution < 1.29 is 9.53 Å². The van der Waals surface area contributed by atoms with Gasteiger partial charge in [-0.1, -0.05) is 26.7 Å². The molecule has 2 rings (SSSR count). The average Bonchev–Trinajstić information content (AvgIpc) is 2.80. The summed E-state index contributed by atoms with van der Waals surface area (Å²) in [6.45, 7) is 7.10. The van der Waals surface area contributed by atoms with Crippen LogP contribution in [0.1, 0.15) is 62.0 Å². The van der Waals surface area contributed by atoms with Gasteiger partial charge in [0.05, 0.1) is 23.9 Å². The van der Waals surface area contributed by atoms with Gasteiger partial charge in [0.25, 0.3) is 5.91 Å². The van der Waals surface area contributed by atoms with Crippen LogP contribution in [0, 0.1) is 12.8 Å². The molecule has 0 aromatic carbocycles. The van der Waals surface area contributed by atoms with E-state index >= 15 is 0 Å². The molecule has 0 radical (unpaired) electrons. The van der Waals surface area contributed by atoms with Crippen molar-refractivity contribution in [2.45, 2.75) is 65.0 Å². The summed E-state index contributed by atoms with van der Waals surface area (Å²) in [7, 11) is 1.85. The minimum Gasteiger partial charge on any atom is -0.376 e. The number of amides is 1. The first kappa shape index (κ1) is 17.0. The van der Waals surface area contributed by atoms with Crippen LogP contribution < -0.4 is 5.32 Å². The molecule has 0 aliphatic heterocycles. The van der Waals surface area contributed by atoms with E-state index in [-0.39, 0.29) is 18.1 Å². The average molecular weight is 307 g/mol. The van der Waals surface area contributed by atoms with Gasteiger partial charge in [-0.15, -0.1) is 0 Å². The third-order valence-electron chi connectivity index (χ3n) is 4.53. The van der Waals surface area contributed by atoms with E-state index in [0.717, 1.165) is 38.0 Å². The SMILES string of the molecule is Cc1c(C(=O)NC2CCCCC2OCCC(C)C)cnn1C. The molecule has 1 aliphatic rings. The van der Waals surface area contributed by atoms with E-state index in [1.54, 1.807) is 10.9 Å². The second-order valence-corrected chi connectivity index (χ2v) is 6.72. The monoisotopic (exact) mass is 307 g/mol. The van der Waals surface area contributed by atoms with Crippen molar-refractivity contribution in [3.05, 3.63) is 17.5 Å². The highest BCUT2D eigenvalue weighted by molar-refractivity contribution is 5.95. The molecule has 1 aromatic heterocycles. The number of ether oxygens (including phenoxy) is 1. The summed E-state index contributed by atoms with van der Waals surface area (Å²) in [6.07, 6.45) is 7.23. The van der Waals surface area contributed by atoms with Crippen molar-refractivity contribution in [2.24, 2.45) is 13.0 Å². The van der Waals surface area contributed by atoms with Crippen LogP contribution in [0.25, 0.3) is 0 Å². The molecule has 1 amide bonds. The molecule has 5 heteroatoms. The Morgan fingerprint density at radius 2 is 2.18 bits per heavy atom. The summed E-state index contributed by atoms with van der Waals surface area (Å²) in [5.41, 5.74) is 1.56. The zero-order chi connectivity index (χ0) is 16.1. The Bertz CT molecular complexity index is 496. The molecule has 22 heavy (non-hydrogen) atoms. The van der Waals surface area contributed by atoms with Gasteiger partial charge < -0.3 is 10.1 Å². The summed E-state index contributed by atoms with van der Waals surface area (Å²) < 4.78 is 7.77. The molecule has 2 atom stereocenters. The molecule has 1 fully saturated rings. The fraction of sp³-hybridized carbons (Fsp3) is 0.765.